The first kappa shape index (κ1) is 12.2. The molecule has 0 saturated carbocycles. The Morgan fingerprint density at radius 1 is 1.33 bits per heavy atom. The molecule has 0 saturated heterocycles. The zero-order valence-electron chi connectivity index (χ0n) is 9.27. The normalized spacial score (nSPS) is 16.0. The third kappa shape index (κ3) is 3.04. The van der Waals surface area contributed by atoms with E-state index in [1.54, 1.807) is 6.92 Å². The van der Waals surface area contributed by atoms with Gasteiger partial charge in [0.05, 0.1) is 5.25 Å². The molecule has 0 spiro atoms. The number of benzene rings is 1. The Bertz CT molecular complexity index is 440. The molecule has 2 N–H and O–H groups in total. The van der Waals surface area contributed by atoms with Crippen molar-refractivity contribution in [3.63, 3.8) is 0 Å². The van der Waals surface area contributed by atoms with Crippen molar-refractivity contribution in [2.75, 3.05) is 6.26 Å². The molecule has 0 radical (unpaired) electrons. The van der Waals surface area contributed by atoms with E-state index >= 15 is 0 Å². The molecule has 0 aliphatic rings. The summed E-state index contributed by atoms with van der Waals surface area (Å²) in [5.41, 5.74) is 7.87. The predicted octanol–water partition coefficient (Wildman–Crippen LogP) is 1.43. The number of hydrogen-bond donors (Lipinski definition) is 1. The molecule has 0 amide bonds. The molecule has 0 bridgehead atoms. The Morgan fingerprint density at radius 2 is 1.93 bits per heavy atom. The van der Waals surface area contributed by atoms with Crippen LogP contribution < -0.4 is 5.73 Å². The van der Waals surface area contributed by atoms with Gasteiger partial charge in [-0.1, -0.05) is 29.8 Å². The summed E-state index contributed by atoms with van der Waals surface area (Å²) in [4.78, 5) is 0. The molecule has 1 aromatic carbocycles. The van der Waals surface area contributed by atoms with Crippen LogP contribution in [0.2, 0.25) is 0 Å². The van der Waals surface area contributed by atoms with Crippen molar-refractivity contribution in [3.8, 4) is 0 Å². The minimum Gasteiger partial charge on any atom is -0.323 e. The lowest BCUT2D eigenvalue weighted by Crippen LogP contribution is -2.30. The number of nitrogens with two attached hydrogens (primary N) is 1. The summed E-state index contributed by atoms with van der Waals surface area (Å²) in [6.07, 6.45) is 1.22. The fraction of sp³-hybridized carbons (Fsp3) is 0.455. The van der Waals surface area contributed by atoms with Crippen LogP contribution in [0.1, 0.15) is 24.1 Å². The summed E-state index contributed by atoms with van der Waals surface area (Å²) in [5, 5.41) is -0.556. The van der Waals surface area contributed by atoms with Gasteiger partial charge in [0.1, 0.15) is 0 Å². The smallest absolute Gasteiger partial charge is 0.151 e. The molecule has 0 heterocycles. The van der Waals surface area contributed by atoms with Crippen LogP contribution in [-0.2, 0) is 9.84 Å². The third-order valence-corrected chi connectivity index (χ3v) is 4.25. The average Bonchev–Trinajstić information content (AvgIpc) is 2.14. The van der Waals surface area contributed by atoms with Crippen LogP contribution in [-0.4, -0.2) is 19.9 Å². The zero-order valence-corrected chi connectivity index (χ0v) is 10.1. The first-order valence-corrected chi connectivity index (χ1v) is 6.79. The number of sulfone groups is 1. The molecule has 0 aromatic heterocycles. The van der Waals surface area contributed by atoms with E-state index in [0.717, 1.165) is 11.1 Å². The van der Waals surface area contributed by atoms with Crippen LogP contribution in [0, 0.1) is 6.92 Å². The van der Waals surface area contributed by atoms with Crippen LogP contribution in [0.25, 0.3) is 0 Å². The maximum Gasteiger partial charge on any atom is 0.151 e. The summed E-state index contributed by atoms with van der Waals surface area (Å²) in [7, 11) is -3.09. The number of rotatable bonds is 3. The minimum atomic E-state index is -3.09. The third-order valence-electron chi connectivity index (χ3n) is 2.61. The van der Waals surface area contributed by atoms with Gasteiger partial charge in [-0.3, -0.25) is 0 Å². The van der Waals surface area contributed by atoms with Crippen LogP contribution in [0.5, 0.6) is 0 Å². The van der Waals surface area contributed by atoms with Gasteiger partial charge in [0.15, 0.2) is 9.84 Å². The lowest BCUT2D eigenvalue weighted by molar-refractivity contribution is 0.570. The van der Waals surface area contributed by atoms with Crippen molar-refractivity contribution >= 4 is 9.84 Å². The standard InChI is InChI=1S/C11H17NO2S/c1-8-5-4-6-10(7-8)11(12)9(2)15(3,13)14/h4-7,9,11H,12H2,1-3H3/t9-,11+/m1/s1. The van der Waals surface area contributed by atoms with Crippen molar-refractivity contribution in [2.24, 2.45) is 5.73 Å². The fourth-order valence-electron chi connectivity index (χ4n) is 1.41. The second-order valence-electron chi connectivity index (χ2n) is 3.97. The molecular formula is C11H17NO2S. The molecule has 2 atom stereocenters. The maximum atomic E-state index is 11.4. The van der Waals surface area contributed by atoms with Crippen molar-refractivity contribution < 1.29 is 8.42 Å². The molecule has 1 rings (SSSR count). The second kappa shape index (κ2) is 4.33. The fourth-order valence-corrected chi connectivity index (χ4v) is 2.10. The van der Waals surface area contributed by atoms with E-state index in [1.165, 1.54) is 6.26 Å². The molecule has 1 aromatic rings. The van der Waals surface area contributed by atoms with Crippen LogP contribution in [0.15, 0.2) is 24.3 Å². The van der Waals surface area contributed by atoms with Crippen molar-refractivity contribution in [3.05, 3.63) is 35.4 Å². The monoisotopic (exact) mass is 227 g/mol. The van der Waals surface area contributed by atoms with Gasteiger partial charge in [-0.25, -0.2) is 8.42 Å². The second-order valence-corrected chi connectivity index (χ2v) is 6.38. The lowest BCUT2D eigenvalue weighted by Gasteiger charge is -2.18. The maximum absolute atomic E-state index is 11.4. The van der Waals surface area contributed by atoms with Gasteiger partial charge >= 0.3 is 0 Å². The highest BCUT2D eigenvalue weighted by Crippen LogP contribution is 2.19. The van der Waals surface area contributed by atoms with Crippen LogP contribution >= 0.6 is 0 Å². The van der Waals surface area contributed by atoms with Gasteiger partial charge in [-0.15, -0.1) is 0 Å². The molecule has 4 heteroatoms. The van der Waals surface area contributed by atoms with Crippen LogP contribution in [0.4, 0.5) is 0 Å². The molecule has 0 unspecified atom stereocenters. The zero-order chi connectivity index (χ0) is 11.6. The molecule has 0 aliphatic carbocycles. The van der Waals surface area contributed by atoms with Crippen LogP contribution in [0.3, 0.4) is 0 Å². The van der Waals surface area contributed by atoms with E-state index in [0.29, 0.717) is 0 Å². The van der Waals surface area contributed by atoms with Gasteiger partial charge in [0.25, 0.3) is 0 Å². The summed E-state index contributed by atoms with van der Waals surface area (Å²) in [6.45, 7) is 3.60. The summed E-state index contributed by atoms with van der Waals surface area (Å²) in [6, 6.07) is 7.17. The van der Waals surface area contributed by atoms with E-state index in [1.807, 2.05) is 31.2 Å². The molecule has 84 valence electrons. The quantitative estimate of drug-likeness (QED) is 0.849. The Balaban J connectivity index is 3.00. The summed E-state index contributed by atoms with van der Waals surface area (Å²) in [5.74, 6) is 0. The molecule has 3 nitrogen and oxygen atoms in total. The molecule has 0 fully saturated rings. The lowest BCUT2D eigenvalue weighted by atomic mass is 10.0. The Kier molecular flexibility index (Phi) is 3.52. The van der Waals surface area contributed by atoms with Crippen molar-refractivity contribution in [2.45, 2.75) is 25.1 Å². The first-order valence-electron chi connectivity index (χ1n) is 4.83. The first-order chi connectivity index (χ1) is 6.82. The molecular weight excluding hydrogens is 210 g/mol. The van der Waals surface area contributed by atoms with Gasteiger partial charge < -0.3 is 5.73 Å². The topological polar surface area (TPSA) is 60.2 Å². The van der Waals surface area contributed by atoms with E-state index in [-0.39, 0.29) is 0 Å². The highest BCUT2D eigenvalue weighted by Gasteiger charge is 2.23. The highest BCUT2D eigenvalue weighted by atomic mass is 32.2. The van der Waals surface area contributed by atoms with E-state index in [9.17, 15) is 8.42 Å². The largest absolute Gasteiger partial charge is 0.323 e. The number of hydrogen-bond acceptors (Lipinski definition) is 3. The van der Waals surface area contributed by atoms with E-state index in [2.05, 4.69) is 0 Å². The Hall–Kier alpha value is -0.870. The predicted molar refractivity (Wildman–Crippen MR) is 62.4 cm³/mol. The summed E-state index contributed by atoms with van der Waals surface area (Å²) < 4.78 is 22.7. The van der Waals surface area contributed by atoms with Gasteiger partial charge in [0.2, 0.25) is 0 Å². The SMILES string of the molecule is Cc1cccc([C@@H](N)[C@@H](C)S(C)(=O)=O)c1. The van der Waals surface area contributed by atoms with E-state index < -0.39 is 21.1 Å². The Labute approximate surface area is 91.2 Å². The van der Waals surface area contributed by atoms with Crippen molar-refractivity contribution in [1.29, 1.82) is 0 Å². The highest BCUT2D eigenvalue weighted by molar-refractivity contribution is 7.91. The van der Waals surface area contributed by atoms with Gasteiger partial charge in [-0.2, -0.15) is 0 Å². The van der Waals surface area contributed by atoms with Gasteiger partial charge in [-0.05, 0) is 19.4 Å². The van der Waals surface area contributed by atoms with Gasteiger partial charge in [0, 0.05) is 12.3 Å². The Morgan fingerprint density at radius 3 is 2.40 bits per heavy atom. The van der Waals surface area contributed by atoms with E-state index in [4.69, 9.17) is 5.73 Å². The minimum absolute atomic E-state index is 0.458. The average molecular weight is 227 g/mol. The number of aryl methyl sites for hydroxylation is 1. The van der Waals surface area contributed by atoms with Crippen molar-refractivity contribution in [1.82, 2.24) is 0 Å². The molecule has 15 heavy (non-hydrogen) atoms. The summed E-state index contributed by atoms with van der Waals surface area (Å²) >= 11 is 0. The molecule has 0 aliphatic heterocycles.